The Hall–Kier alpha value is -2.26. The summed E-state index contributed by atoms with van der Waals surface area (Å²) in [6, 6.07) is 12.4. The molecule has 172 valence electrons. The standard InChI is InChI=1S/2C8H11.2C6H5FO.Zr/c2*1-6-4-5-7(2)8(6)3;2*7-5-2-1-3-6(8)4-5;/h2*4-5H,1-3H3;2*1-4,8H;/q;;;;+2/p-2. The van der Waals surface area contributed by atoms with Crippen molar-refractivity contribution in [2.24, 2.45) is 0 Å². The molecule has 2 aromatic carbocycles. The van der Waals surface area contributed by atoms with E-state index in [1.165, 1.54) is 24.3 Å². The van der Waals surface area contributed by atoms with Crippen molar-refractivity contribution in [3.63, 3.8) is 0 Å². The van der Waals surface area contributed by atoms with Crippen LogP contribution in [-0.4, -0.2) is 0 Å². The Kier molecular flexibility index (Phi) is 6.16. The van der Waals surface area contributed by atoms with Gasteiger partial charge in [-0.1, -0.05) is 0 Å². The first-order valence-corrected chi connectivity index (χ1v) is 15.6. The normalized spacial score (nSPS) is 24.7. The number of halogens is 2. The molecule has 0 amide bonds. The summed E-state index contributed by atoms with van der Waals surface area (Å²) in [5.41, 5.74) is 4.65. The number of hydrogen-bond acceptors (Lipinski definition) is 2. The van der Waals surface area contributed by atoms with Gasteiger partial charge in [-0.15, -0.1) is 0 Å². The van der Waals surface area contributed by atoms with Gasteiger partial charge in [0.1, 0.15) is 0 Å². The van der Waals surface area contributed by atoms with Crippen LogP contribution in [0.1, 0.15) is 41.5 Å². The number of allylic oxidation sites excluding steroid dienone is 8. The monoisotopic (exact) mass is 526 g/mol. The average molecular weight is 528 g/mol. The van der Waals surface area contributed by atoms with Crippen molar-refractivity contribution >= 4 is 0 Å². The van der Waals surface area contributed by atoms with Crippen molar-refractivity contribution in [1.29, 1.82) is 0 Å². The van der Waals surface area contributed by atoms with Crippen LogP contribution in [0.4, 0.5) is 8.78 Å². The van der Waals surface area contributed by atoms with Gasteiger partial charge in [0.15, 0.2) is 0 Å². The summed E-state index contributed by atoms with van der Waals surface area (Å²) in [6.07, 6.45) is 8.57. The average Bonchev–Trinajstić information content (AvgIpc) is 3.19. The molecule has 2 atom stereocenters. The van der Waals surface area contributed by atoms with Crippen LogP contribution in [0.25, 0.3) is 0 Å². The number of benzene rings is 2. The second-order valence-electron chi connectivity index (χ2n) is 9.42. The van der Waals surface area contributed by atoms with E-state index in [9.17, 15) is 8.78 Å². The van der Waals surface area contributed by atoms with E-state index in [1.807, 2.05) is 0 Å². The third-order valence-corrected chi connectivity index (χ3v) is 19.5. The second-order valence-corrected chi connectivity index (χ2v) is 18.6. The van der Waals surface area contributed by atoms with Crippen LogP contribution in [0.3, 0.4) is 0 Å². The maximum atomic E-state index is 14.3. The molecule has 0 aliphatic heterocycles. The molecule has 0 spiro atoms. The number of hydrogen-bond donors (Lipinski definition) is 0. The van der Waals surface area contributed by atoms with Gasteiger partial charge in [-0.25, -0.2) is 0 Å². The summed E-state index contributed by atoms with van der Waals surface area (Å²) in [5.74, 6) is 0.122. The second kappa shape index (κ2) is 8.51. The van der Waals surface area contributed by atoms with Gasteiger partial charge in [0.25, 0.3) is 0 Å². The molecule has 0 bridgehead atoms. The fourth-order valence-electron chi connectivity index (χ4n) is 4.99. The summed E-state index contributed by atoms with van der Waals surface area (Å²) < 4.78 is 41.4. The van der Waals surface area contributed by atoms with Crippen molar-refractivity contribution in [3.05, 3.63) is 107 Å². The molecule has 33 heavy (non-hydrogen) atoms. The van der Waals surface area contributed by atoms with Gasteiger partial charge in [-0.3, -0.25) is 0 Å². The van der Waals surface area contributed by atoms with E-state index < -0.39 is 27.4 Å². The topological polar surface area (TPSA) is 18.5 Å². The summed E-state index contributed by atoms with van der Waals surface area (Å²) >= 11 is -4.64. The molecule has 0 radical (unpaired) electrons. The predicted molar refractivity (Wildman–Crippen MR) is 126 cm³/mol. The van der Waals surface area contributed by atoms with Crippen molar-refractivity contribution in [2.45, 2.75) is 47.8 Å². The van der Waals surface area contributed by atoms with E-state index in [1.54, 1.807) is 24.3 Å². The fourth-order valence-corrected chi connectivity index (χ4v) is 17.0. The van der Waals surface area contributed by atoms with E-state index in [-0.39, 0.29) is 11.6 Å². The van der Waals surface area contributed by atoms with Crippen molar-refractivity contribution < 1.29 is 35.6 Å². The fraction of sp³-hybridized carbons (Fsp3) is 0.286. The van der Waals surface area contributed by atoms with Gasteiger partial charge in [0.2, 0.25) is 0 Å². The molecular weight excluding hydrogens is 498 g/mol. The van der Waals surface area contributed by atoms with Gasteiger partial charge < -0.3 is 0 Å². The molecule has 2 aromatic rings. The zero-order chi connectivity index (χ0) is 24.0. The van der Waals surface area contributed by atoms with Gasteiger partial charge in [-0.2, -0.15) is 0 Å². The molecular formula is C28H30F2O2Zr. The molecule has 2 aliphatic carbocycles. The Labute approximate surface area is 201 Å². The molecule has 0 saturated carbocycles. The molecule has 0 N–H and O–H groups in total. The van der Waals surface area contributed by atoms with Crippen LogP contribution in [0.2, 0.25) is 6.25 Å². The van der Waals surface area contributed by atoms with Crippen molar-refractivity contribution in [2.75, 3.05) is 0 Å². The quantitative estimate of drug-likeness (QED) is 0.375. The summed E-state index contributed by atoms with van der Waals surface area (Å²) in [5, 5.41) is 0. The molecule has 0 aromatic heterocycles. The maximum absolute atomic E-state index is 14.3. The van der Waals surface area contributed by atoms with E-state index in [2.05, 4.69) is 65.8 Å². The Morgan fingerprint density at radius 2 is 1.06 bits per heavy atom. The first kappa shape index (κ1) is 23.9. The van der Waals surface area contributed by atoms with Crippen LogP contribution in [0, 0.1) is 11.6 Å². The Morgan fingerprint density at radius 3 is 1.36 bits per heavy atom. The molecule has 0 heterocycles. The van der Waals surface area contributed by atoms with Gasteiger partial charge >= 0.3 is 202 Å². The van der Waals surface area contributed by atoms with Gasteiger partial charge in [-0.05, 0) is 0 Å². The van der Waals surface area contributed by atoms with E-state index >= 15 is 0 Å². The third kappa shape index (κ3) is 3.79. The summed E-state index contributed by atoms with van der Waals surface area (Å²) in [7, 11) is 0. The molecule has 5 heteroatoms. The Bertz CT molecular complexity index is 1130. The summed E-state index contributed by atoms with van der Waals surface area (Å²) in [6.45, 7) is 12.7. The number of rotatable bonds is 6. The van der Waals surface area contributed by atoms with E-state index in [4.69, 9.17) is 5.63 Å². The molecule has 0 saturated heterocycles. The molecule has 4 rings (SSSR count). The molecule has 2 unspecified atom stereocenters. The zero-order valence-electron chi connectivity index (χ0n) is 20.0. The van der Waals surface area contributed by atoms with Crippen molar-refractivity contribution in [1.82, 2.24) is 0 Å². The van der Waals surface area contributed by atoms with E-state index in [0.717, 1.165) is 22.3 Å². The van der Waals surface area contributed by atoms with Crippen molar-refractivity contribution in [3.8, 4) is 11.5 Å². The molecule has 0 fully saturated rings. The van der Waals surface area contributed by atoms with Crippen LogP contribution in [0.15, 0.2) is 95.1 Å². The third-order valence-electron chi connectivity index (χ3n) is 7.56. The predicted octanol–water partition coefficient (Wildman–Crippen LogP) is 8.58. The molecule has 2 aliphatic rings. The van der Waals surface area contributed by atoms with Gasteiger partial charge in [0, 0.05) is 0 Å². The molecule has 2 nitrogen and oxygen atoms in total. The first-order chi connectivity index (χ1) is 15.5. The van der Waals surface area contributed by atoms with Crippen LogP contribution in [0.5, 0.6) is 11.5 Å². The van der Waals surface area contributed by atoms with Crippen LogP contribution < -0.4 is 5.63 Å². The Morgan fingerprint density at radius 1 is 0.667 bits per heavy atom. The minimum absolute atomic E-state index is 0.371. The minimum atomic E-state index is -4.64. The van der Waals surface area contributed by atoms with Gasteiger partial charge in [0.05, 0.1) is 0 Å². The van der Waals surface area contributed by atoms with Crippen LogP contribution in [-0.2, 0) is 21.1 Å². The van der Waals surface area contributed by atoms with E-state index in [0.29, 0.717) is 11.5 Å². The first-order valence-electron chi connectivity index (χ1n) is 11.2. The SMILES string of the molecule is CC1=C(C)[C](C)([Zr]([O]c2cccc(F)c2)([O]c2cccc(F)c2)[C]2(C)C=CC(C)=C2C)C=C1. The van der Waals surface area contributed by atoms with Crippen LogP contribution >= 0.6 is 0 Å². The zero-order valence-corrected chi connectivity index (χ0v) is 22.5. The Balaban J connectivity index is 2.03. The summed E-state index contributed by atoms with van der Waals surface area (Å²) in [4.78, 5) is 0.